The summed E-state index contributed by atoms with van der Waals surface area (Å²) in [7, 11) is 0. The van der Waals surface area contributed by atoms with Gasteiger partial charge in [0.1, 0.15) is 5.82 Å². The highest BCUT2D eigenvalue weighted by molar-refractivity contribution is 6.08. The first-order valence-electron chi connectivity index (χ1n) is 4.84. The molecule has 1 aromatic heterocycles. The summed E-state index contributed by atoms with van der Waals surface area (Å²) in [5.41, 5.74) is 7.58. The van der Waals surface area contributed by atoms with Gasteiger partial charge in [-0.25, -0.2) is 0 Å². The Morgan fingerprint density at radius 1 is 1.44 bits per heavy atom. The van der Waals surface area contributed by atoms with Crippen LogP contribution >= 0.6 is 0 Å². The zero-order valence-corrected chi connectivity index (χ0v) is 8.82. The third kappa shape index (κ3) is 1.88. The Morgan fingerprint density at radius 3 is 2.88 bits per heavy atom. The van der Waals surface area contributed by atoms with Gasteiger partial charge in [0, 0.05) is 11.8 Å². The van der Waals surface area contributed by atoms with Crippen molar-refractivity contribution in [1.82, 2.24) is 10.2 Å². The van der Waals surface area contributed by atoms with Crippen molar-refractivity contribution in [1.29, 1.82) is 0 Å². The van der Waals surface area contributed by atoms with E-state index in [1.54, 1.807) is 18.3 Å². The third-order valence-corrected chi connectivity index (χ3v) is 2.28. The number of nitrogens with zero attached hydrogens (tertiary/aromatic N) is 1. The Morgan fingerprint density at radius 2 is 2.25 bits per heavy atom. The number of nitrogen functional groups attached to an aromatic ring is 1. The molecule has 5 nitrogen and oxygen atoms in total. The van der Waals surface area contributed by atoms with Gasteiger partial charge in [0.2, 0.25) is 0 Å². The SMILES string of the molecule is Cc1cccc(N)c1C(=O)Nc1ccn[nH]1. The van der Waals surface area contributed by atoms with Crippen LogP contribution in [0.3, 0.4) is 0 Å². The summed E-state index contributed by atoms with van der Waals surface area (Å²) in [5.74, 6) is 0.313. The van der Waals surface area contributed by atoms with Gasteiger partial charge in [-0.2, -0.15) is 5.10 Å². The molecule has 0 spiro atoms. The summed E-state index contributed by atoms with van der Waals surface area (Å²) in [6, 6.07) is 7.04. The number of hydrogen-bond donors (Lipinski definition) is 3. The molecule has 0 unspecified atom stereocenters. The van der Waals surface area contributed by atoms with Crippen molar-refractivity contribution in [2.75, 3.05) is 11.1 Å². The number of aromatic amines is 1. The van der Waals surface area contributed by atoms with E-state index in [1.165, 1.54) is 0 Å². The Labute approximate surface area is 92.7 Å². The molecule has 0 atom stereocenters. The Bertz CT molecular complexity index is 484. The van der Waals surface area contributed by atoms with Gasteiger partial charge in [-0.1, -0.05) is 12.1 Å². The highest BCUT2D eigenvalue weighted by Crippen LogP contribution is 2.17. The second-order valence-corrected chi connectivity index (χ2v) is 3.46. The van der Waals surface area contributed by atoms with Crippen LogP contribution in [0.1, 0.15) is 15.9 Å². The van der Waals surface area contributed by atoms with Crippen LogP contribution in [0.5, 0.6) is 0 Å². The molecule has 82 valence electrons. The number of aryl methyl sites for hydroxylation is 1. The lowest BCUT2D eigenvalue weighted by molar-refractivity contribution is 0.102. The first kappa shape index (κ1) is 10.2. The first-order chi connectivity index (χ1) is 7.68. The van der Waals surface area contributed by atoms with Gasteiger partial charge in [0.15, 0.2) is 0 Å². The molecule has 0 bridgehead atoms. The molecule has 1 aromatic carbocycles. The Hall–Kier alpha value is -2.30. The summed E-state index contributed by atoms with van der Waals surface area (Å²) < 4.78 is 0. The lowest BCUT2D eigenvalue weighted by atomic mass is 10.1. The van der Waals surface area contributed by atoms with Crippen LogP contribution in [-0.4, -0.2) is 16.1 Å². The van der Waals surface area contributed by atoms with E-state index in [0.29, 0.717) is 17.1 Å². The molecule has 0 radical (unpaired) electrons. The van der Waals surface area contributed by atoms with Gasteiger partial charge in [-0.15, -0.1) is 0 Å². The second-order valence-electron chi connectivity index (χ2n) is 3.46. The van der Waals surface area contributed by atoms with Crippen LogP contribution in [0.4, 0.5) is 11.5 Å². The Kier molecular flexibility index (Phi) is 2.59. The van der Waals surface area contributed by atoms with E-state index in [-0.39, 0.29) is 5.91 Å². The first-order valence-corrected chi connectivity index (χ1v) is 4.84. The minimum absolute atomic E-state index is 0.236. The fourth-order valence-electron chi connectivity index (χ4n) is 1.51. The maximum Gasteiger partial charge on any atom is 0.259 e. The largest absolute Gasteiger partial charge is 0.398 e. The number of benzene rings is 1. The van der Waals surface area contributed by atoms with Gasteiger partial charge in [-0.05, 0) is 18.6 Å². The van der Waals surface area contributed by atoms with Crippen molar-refractivity contribution in [2.24, 2.45) is 0 Å². The number of aromatic nitrogens is 2. The van der Waals surface area contributed by atoms with E-state index in [1.807, 2.05) is 19.1 Å². The molecule has 0 saturated carbocycles. The molecule has 0 aliphatic heterocycles. The average Bonchev–Trinajstić information content (AvgIpc) is 2.70. The van der Waals surface area contributed by atoms with Gasteiger partial charge >= 0.3 is 0 Å². The van der Waals surface area contributed by atoms with E-state index >= 15 is 0 Å². The smallest absolute Gasteiger partial charge is 0.259 e. The van der Waals surface area contributed by atoms with Crippen molar-refractivity contribution in [3.8, 4) is 0 Å². The van der Waals surface area contributed by atoms with E-state index in [0.717, 1.165) is 5.56 Å². The number of nitrogens with one attached hydrogen (secondary N) is 2. The highest BCUT2D eigenvalue weighted by Gasteiger charge is 2.12. The fraction of sp³-hybridized carbons (Fsp3) is 0.0909. The molecule has 2 rings (SSSR count). The monoisotopic (exact) mass is 216 g/mol. The number of carbonyl (C=O) groups excluding carboxylic acids is 1. The summed E-state index contributed by atoms with van der Waals surface area (Å²) in [6.45, 7) is 1.85. The van der Waals surface area contributed by atoms with Crippen molar-refractivity contribution < 1.29 is 4.79 Å². The lowest BCUT2D eigenvalue weighted by Gasteiger charge is -2.08. The van der Waals surface area contributed by atoms with E-state index in [9.17, 15) is 4.79 Å². The molecule has 4 N–H and O–H groups in total. The minimum atomic E-state index is -0.236. The number of carbonyl (C=O) groups is 1. The quantitative estimate of drug-likeness (QED) is 0.666. The number of H-pyrrole nitrogens is 1. The van der Waals surface area contributed by atoms with Crippen LogP contribution < -0.4 is 11.1 Å². The van der Waals surface area contributed by atoms with Crippen molar-refractivity contribution in [2.45, 2.75) is 6.92 Å². The summed E-state index contributed by atoms with van der Waals surface area (Å²) in [6.07, 6.45) is 1.57. The van der Waals surface area contributed by atoms with Gasteiger partial charge in [0.25, 0.3) is 5.91 Å². The summed E-state index contributed by atoms with van der Waals surface area (Å²) in [4.78, 5) is 11.9. The number of amides is 1. The molecule has 5 heteroatoms. The van der Waals surface area contributed by atoms with Crippen LogP contribution in [0.2, 0.25) is 0 Å². The molecule has 0 aliphatic rings. The van der Waals surface area contributed by atoms with Gasteiger partial charge in [0.05, 0.1) is 11.8 Å². The molecule has 0 fully saturated rings. The number of rotatable bonds is 2. The van der Waals surface area contributed by atoms with Crippen LogP contribution in [0.25, 0.3) is 0 Å². The molecule has 1 amide bonds. The molecule has 16 heavy (non-hydrogen) atoms. The highest BCUT2D eigenvalue weighted by atomic mass is 16.1. The predicted molar refractivity (Wildman–Crippen MR) is 62.1 cm³/mol. The van der Waals surface area contributed by atoms with Crippen molar-refractivity contribution in [3.63, 3.8) is 0 Å². The van der Waals surface area contributed by atoms with Crippen LogP contribution in [0.15, 0.2) is 30.5 Å². The number of hydrogen-bond acceptors (Lipinski definition) is 3. The van der Waals surface area contributed by atoms with Crippen molar-refractivity contribution in [3.05, 3.63) is 41.6 Å². The predicted octanol–water partition coefficient (Wildman–Crippen LogP) is 1.55. The van der Waals surface area contributed by atoms with E-state index in [2.05, 4.69) is 15.5 Å². The maximum atomic E-state index is 11.9. The summed E-state index contributed by atoms with van der Waals surface area (Å²) in [5, 5.41) is 9.08. The molecule has 2 aromatic rings. The third-order valence-electron chi connectivity index (χ3n) is 2.28. The van der Waals surface area contributed by atoms with E-state index < -0.39 is 0 Å². The Balaban J connectivity index is 2.28. The molecule has 1 heterocycles. The maximum absolute atomic E-state index is 11.9. The van der Waals surface area contributed by atoms with Gasteiger partial charge in [-0.3, -0.25) is 9.89 Å². The molecular weight excluding hydrogens is 204 g/mol. The number of anilines is 2. The minimum Gasteiger partial charge on any atom is -0.398 e. The molecule has 0 saturated heterocycles. The van der Waals surface area contributed by atoms with Gasteiger partial charge < -0.3 is 11.1 Å². The lowest BCUT2D eigenvalue weighted by Crippen LogP contribution is -2.15. The zero-order chi connectivity index (χ0) is 11.5. The fourth-order valence-corrected chi connectivity index (χ4v) is 1.51. The normalized spacial score (nSPS) is 10.1. The second kappa shape index (κ2) is 4.06. The molecular formula is C11H12N4O. The van der Waals surface area contributed by atoms with E-state index in [4.69, 9.17) is 5.73 Å². The van der Waals surface area contributed by atoms with Crippen LogP contribution in [-0.2, 0) is 0 Å². The summed E-state index contributed by atoms with van der Waals surface area (Å²) >= 11 is 0. The zero-order valence-electron chi connectivity index (χ0n) is 8.82. The molecule has 0 aliphatic carbocycles. The average molecular weight is 216 g/mol. The van der Waals surface area contributed by atoms with Crippen molar-refractivity contribution >= 4 is 17.4 Å². The number of nitrogens with two attached hydrogens (primary N) is 1. The topological polar surface area (TPSA) is 83.8 Å². The standard InChI is InChI=1S/C11H12N4O/c1-7-3-2-4-8(12)10(7)11(16)14-9-5-6-13-15-9/h2-6H,12H2,1H3,(H2,13,14,15,16). The van der Waals surface area contributed by atoms with Crippen LogP contribution in [0, 0.1) is 6.92 Å².